The third-order valence-corrected chi connectivity index (χ3v) is 2.29. The number of benzene rings is 1. The SMILES string of the molecule is Nc1c(C(=O)O)nnc2c(Cl)cccc12. The first-order valence-corrected chi connectivity index (χ1v) is 4.42. The molecule has 0 fully saturated rings. The van der Waals surface area contributed by atoms with Crippen molar-refractivity contribution >= 4 is 34.2 Å². The summed E-state index contributed by atoms with van der Waals surface area (Å²) in [4.78, 5) is 10.7. The van der Waals surface area contributed by atoms with E-state index in [1.165, 1.54) is 0 Å². The summed E-state index contributed by atoms with van der Waals surface area (Å²) < 4.78 is 0. The van der Waals surface area contributed by atoms with Gasteiger partial charge in [-0.15, -0.1) is 10.2 Å². The van der Waals surface area contributed by atoms with Crippen molar-refractivity contribution in [1.29, 1.82) is 0 Å². The zero-order chi connectivity index (χ0) is 11.0. The zero-order valence-corrected chi connectivity index (χ0v) is 8.19. The lowest BCUT2D eigenvalue weighted by Crippen LogP contribution is -2.07. The summed E-state index contributed by atoms with van der Waals surface area (Å²) >= 11 is 5.86. The smallest absolute Gasteiger partial charge is 0.358 e. The van der Waals surface area contributed by atoms with E-state index in [0.717, 1.165) is 0 Å². The number of hydrogen-bond acceptors (Lipinski definition) is 4. The van der Waals surface area contributed by atoms with Gasteiger partial charge in [-0.3, -0.25) is 0 Å². The second kappa shape index (κ2) is 3.36. The van der Waals surface area contributed by atoms with Crippen LogP contribution in [-0.4, -0.2) is 21.3 Å². The van der Waals surface area contributed by atoms with Crippen molar-refractivity contribution in [3.63, 3.8) is 0 Å². The Morgan fingerprint density at radius 1 is 1.40 bits per heavy atom. The number of carboxylic acid groups (broad SMARTS) is 1. The largest absolute Gasteiger partial charge is 0.476 e. The molecular formula is C9H6ClN3O2. The molecule has 76 valence electrons. The van der Waals surface area contributed by atoms with Gasteiger partial charge >= 0.3 is 5.97 Å². The van der Waals surface area contributed by atoms with E-state index in [9.17, 15) is 4.79 Å². The van der Waals surface area contributed by atoms with Crippen LogP contribution in [0.5, 0.6) is 0 Å². The van der Waals surface area contributed by atoms with Gasteiger partial charge in [-0.2, -0.15) is 0 Å². The number of anilines is 1. The molecule has 6 heteroatoms. The minimum Gasteiger partial charge on any atom is -0.476 e. The number of carbonyl (C=O) groups is 1. The molecule has 0 bridgehead atoms. The van der Waals surface area contributed by atoms with Gasteiger partial charge in [-0.05, 0) is 6.07 Å². The summed E-state index contributed by atoms with van der Waals surface area (Å²) in [5.74, 6) is -1.21. The van der Waals surface area contributed by atoms with Gasteiger partial charge in [-0.25, -0.2) is 4.79 Å². The average molecular weight is 224 g/mol. The number of hydrogen-bond donors (Lipinski definition) is 2. The fourth-order valence-electron chi connectivity index (χ4n) is 1.27. The molecule has 3 N–H and O–H groups in total. The molecule has 0 atom stereocenters. The maximum atomic E-state index is 10.7. The monoisotopic (exact) mass is 223 g/mol. The van der Waals surface area contributed by atoms with Crippen molar-refractivity contribution in [2.24, 2.45) is 0 Å². The van der Waals surface area contributed by atoms with Gasteiger partial charge in [0.25, 0.3) is 0 Å². The zero-order valence-electron chi connectivity index (χ0n) is 7.44. The van der Waals surface area contributed by atoms with Crippen LogP contribution in [0.15, 0.2) is 18.2 Å². The van der Waals surface area contributed by atoms with Crippen molar-refractivity contribution in [2.75, 3.05) is 5.73 Å². The van der Waals surface area contributed by atoms with Crippen LogP contribution < -0.4 is 5.73 Å². The highest BCUT2D eigenvalue weighted by molar-refractivity contribution is 6.35. The van der Waals surface area contributed by atoms with E-state index >= 15 is 0 Å². The van der Waals surface area contributed by atoms with E-state index in [1.807, 2.05) is 0 Å². The lowest BCUT2D eigenvalue weighted by molar-refractivity contribution is 0.0691. The number of nitrogen functional groups attached to an aromatic ring is 1. The quantitative estimate of drug-likeness (QED) is 0.766. The number of rotatable bonds is 1. The number of halogens is 1. The van der Waals surface area contributed by atoms with Crippen LogP contribution in [0, 0.1) is 0 Å². The van der Waals surface area contributed by atoms with Crippen molar-refractivity contribution in [2.45, 2.75) is 0 Å². The second-order valence-electron chi connectivity index (χ2n) is 2.90. The lowest BCUT2D eigenvalue weighted by Gasteiger charge is -2.04. The third kappa shape index (κ3) is 1.46. The number of nitrogens with two attached hydrogens (primary N) is 1. The number of carboxylic acids is 1. The number of fused-ring (bicyclic) bond motifs is 1. The highest BCUT2D eigenvalue weighted by atomic mass is 35.5. The molecule has 0 amide bonds. The van der Waals surface area contributed by atoms with Crippen LogP contribution in [0.2, 0.25) is 5.02 Å². The summed E-state index contributed by atoms with van der Waals surface area (Å²) in [5, 5.41) is 16.9. The summed E-state index contributed by atoms with van der Waals surface area (Å²) in [5.41, 5.74) is 5.87. The Hall–Kier alpha value is -1.88. The molecule has 15 heavy (non-hydrogen) atoms. The molecule has 2 rings (SSSR count). The van der Waals surface area contributed by atoms with Gasteiger partial charge in [0, 0.05) is 5.39 Å². The van der Waals surface area contributed by atoms with Crippen LogP contribution in [0.25, 0.3) is 10.9 Å². The average Bonchev–Trinajstić information content (AvgIpc) is 2.19. The summed E-state index contributed by atoms with van der Waals surface area (Å²) in [6.45, 7) is 0. The van der Waals surface area contributed by atoms with Crippen LogP contribution in [-0.2, 0) is 0 Å². The molecule has 1 aromatic heterocycles. The minimum absolute atomic E-state index is 0.0787. The Bertz CT molecular complexity index is 556. The maximum Gasteiger partial charge on any atom is 0.358 e. The van der Waals surface area contributed by atoms with E-state index in [4.69, 9.17) is 22.4 Å². The highest BCUT2D eigenvalue weighted by Crippen LogP contribution is 2.26. The van der Waals surface area contributed by atoms with E-state index in [2.05, 4.69) is 10.2 Å². The van der Waals surface area contributed by atoms with Crippen molar-refractivity contribution < 1.29 is 9.90 Å². The molecule has 0 aliphatic heterocycles. The standard InChI is InChI=1S/C9H6ClN3O2/c10-5-3-1-2-4-6(11)8(9(14)15)13-12-7(4)5/h1-3H,(H2,11,12)(H,14,15). The van der Waals surface area contributed by atoms with E-state index in [1.54, 1.807) is 18.2 Å². The Kier molecular flexibility index (Phi) is 2.17. The van der Waals surface area contributed by atoms with Gasteiger partial charge in [0.2, 0.25) is 0 Å². The molecule has 1 aromatic carbocycles. The van der Waals surface area contributed by atoms with Gasteiger partial charge < -0.3 is 10.8 Å². The molecule has 2 aromatic rings. The molecule has 0 unspecified atom stereocenters. The van der Waals surface area contributed by atoms with Crippen LogP contribution >= 0.6 is 11.6 Å². The van der Waals surface area contributed by atoms with E-state index in [0.29, 0.717) is 15.9 Å². The number of nitrogens with zero attached hydrogens (tertiary/aromatic N) is 2. The number of aromatic nitrogens is 2. The summed E-state index contributed by atoms with van der Waals surface area (Å²) in [6.07, 6.45) is 0. The van der Waals surface area contributed by atoms with Crippen LogP contribution in [0.3, 0.4) is 0 Å². The van der Waals surface area contributed by atoms with Crippen LogP contribution in [0.1, 0.15) is 10.5 Å². The number of aromatic carboxylic acids is 1. The molecular weight excluding hydrogens is 218 g/mol. The third-order valence-electron chi connectivity index (χ3n) is 1.98. The first kappa shape index (κ1) is 9.67. The van der Waals surface area contributed by atoms with Gasteiger partial charge in [0.1, 0.15) is 5.52 Å². The van der Waals surface area contributed by atoms with E-state index in [-0.39, 0.29) is 11.4 Å². The van der Waals surface area contributed by atoms with Crippen molar-refractivity contribution in [3.05, 3.63) is 28.9 Å². The predicted molar refractivity (Wildman–Crippen MR) is 55.9 cm³/mol. The highest BCUT2D eigenvalue weighted by Gasteiger charge is 2.14. The van der Waals surface area contributed by atoms with Crippen molar-refractivity contribution in [1.82, 2.24) is 10.2 Å². The first-order chi connectivity index (χ1) is 7.11. The molecule has 5 nitrogen and oxygen atoms in total. The van der Waals surface area contributed by atoms with E-state index < -0.39 is 5.97 Å². The fourth-order valence-corrected chi connectivity index (χ4v) is 1.49. The topological polar surface area (TPSA) is 89.1 Å². The predicted octanol–water partition coefficient (Wildman–Crippen LogP) is 1.56. The van der Waals surface area contributed by atoms with Gasteiger partial charge in [0.05, 0.1) is 10.7 Å². The molecule has 1 heterocycles. The molecule has 0 saturated carbocycles. The van der Waals surface area contributed by atoms with Gasteiger partial charge in [-0.1, -0.05) is 23.7 Å². The molecule has 0 aliphatic rings. The van der Waals surface area contributed by atoms with Crippen LogP contribution in [0.4, 0.5) is 5.69 Å². The second-order valence-corrected chi connectivity index (χ2v) is 3.31. The van der Waals surface area contributed by atoms with Crippen molar-refractivity contribution in [3.8, 4) is 0 Å². The molecule has 0 radical (unpaired) electrons. The fraction of sp³-hybridized carbons (Fsp3) is 0. The molecule has 0 aliphatic carbocycles. The molecule has 0 spiro atoms. The summed E-state index contributed by atoms with van der Waals surface area (Å²) in [7, 11) is 0. The molecule has 0 saturated heterocycles. The lowest BCUT2D eigenvalue weighted by atomic mass is 10.2. The normalized spacial score (nSPS) is 10.5. The Morgan fingerprint density at radius 3 is 2.80 bits per heavy atom. The Morgan fingerprint density at radius 2 is 2.13 bits per heavy atom. The minimum atomic E-state index is -1.21. The Labute approximate surface area is 89.5 Å². The summed E-state index contributed by atoms with van der Waals surface area (Å²) in [6, 6.07) is 4.96. The maximum absolute atomic E-state index is 10.7. The first-order valence-electron chi connectivity index (χ1n) is 4.05. The van der Waals surface area contributed by atoms with Gasteiger partial charge in [0.15, 0.2) is 5.69 Å². The Balaban J connectivity index is 2.86.